The summed E-state index contributed by atoms with van der Waals surface area (Å²) in [7, 11) is 2.15. The third-order valence-corrected chi connectivity index (χ3v) is 5.36. The van der Waals surface area contributed by atoms with E-state index in [1.165, 1.54) is 9.82 Å². The molecule has 0 fully saturated rings. The topological polar surface area (TPSA) is 23.5 Å². The van der Waals surface area contributed by atoms with Crippen molar-refractivity contribution in [3.8, 4) is 5.75 Å². The number of phenols is 1. The van der Waals surface area contributed by atoms with Crippen molar-refractivity contribution in [2.24, 2.45) is 0 Å². The quantitative estimate of drug-likeness (QED) is 0.876. The van der Waals surface area contributed by atoms with Crippen molar-refractivity contribution in [1.29, 1.82) is 0 Å². The van der Waals surface area contributed by atoms with Gasteiger partial charge in [0.1, 0.15) is 0 Å². The van der Waals surface area contributed by atoms with Crippen LogP contribution in [-0.4, -0.2) is 44.1 Å². The van der Waals surface area contributed by atoms with Crippen molar-refractivity contribution in [3.63, 3.8) is 0 Å². The van der Waals surface area contributed by atoms with Gasteiger partial charge in [0.15, 0.2) is 0 Å². The van der Waals surface area contributed by atoms with Gasteiger partial charge in [-0.3, -0.25) is 0 Å². The van der Waals surface area contributed by atoms with Crippen LogP contribution in [-0.2, 0) is 6.42 Å². The molecule has 0 unspecified atom stereocenters. The van der Waals surface area contributed by atoms with Gasteiger partial charge in [0, 0.05) is 0 Å². The minimum absolute atomic E-state index is 0.403. The molecule has 2 aromatic rings. The van der Waals surface area contributed by atoms with E-state index in [1.54, 1.807) is 6.07 Å². The monoisotopic (exact) mass is 297 g/mol. The predicted octanol–water partition coefficient (Wildman–Crippen LogP) is 2.49. The molecule has 0 amide bonds. The van der Waals surface area contributed by atoms with Gasteiger partial charge in [-0.2, -0.15) is 0 Å². The fourth-order valence-corrected chi connectivity index (χ4v) is 4.00. The normalized spacial score (nSPS) is 11.8. The van der Waals surface area contributed by atoms with E-state index in [-0.39, 0.29) is 0 Å². The molecule has 3 heteroatoms. The summed E-state index contributed by atoms with van der Waals surface area (Å²) in [5.41, 5.74) is 1.32. The summed E-state index contributed by atoms with van der Waals surface area (Å²) in [6, 6.07) is 6.43. The fraction of sp³-hybridized carbons (Fsp3) is 0.429. The summed E-state index contributed by atoms with van der Waals surface area (Å²) in [4.78, 5) is 4.65. The first-order valence-corrected chi connectivity index (χ1v) is 7.82. The molecule has 0 radical (unpaired) electrons. The molecule has 0 aliphatic rings. The van der Waals surface area contributed by atoms with Gasteiger partial charge in [-0.1, -0.05) is 0 Å². The molecule has 17 heavy (non-hydrogen) atoms. The SMILES string of the molecule is CC(C)N(C)CCc1c[se]c2cccc(O)c12. The molecule has 0 atom stereocenters. The van der Waals surface area contributed by atoms with Crippen LogP contribution in [0.3, 0.4) is 0 Å². The maximum atomic E-state index is 9.93. The summed E-state index contributed by atoms with van der Waals surface area (Å²) in [6.07, 6.45) is 1.03. The third-order valence-electron chi connectivity index (χ3n) is 3.27. The van der Waals surface area contributed by atoms with Crippen LogP contribution in [0.15, 0.2) is 23.1 Å². The van der Waals surface area contributed by atoms with Crippen LogP contribution in [0.1, 0.15) is 19.4 Å². The average Bonchev–Trinajstić information content (AvgIpc) is 2.70. The molecular weight excluding hydrogens is 277 g/mol. The zero-order valence-corrected chi connectivity index (χ0v) is 12.3. The number of nitrogens with zero attached hydrogens (tertiary/aromatic N) is 1. The van der Waals surface area contributed by atoms with E-state index < -0.39 is 0 Å². The first-order chi connectivity index (χ1) is 8.09. The Morgan fingerprint density at radius 3 is 2.82 bits per heavy atom. The Hall–Kier alpha value is -0.761. The second-order valence-corrected chi connectivity index (χ2v) is 6.65. The average molecular weight is 296 g/mol. The number of fused-ring (bicyclic) bond motifs is 1. The molecule has 1 heterocycles. The Balaban J connectivity index is 2.19. The van der Waals surface area contributed by atoms with E-state index in [2.05, 4.69) is 36.8 Å². The first kappa shape index (κ1) is 12.7. The van der Waals surface area contributed by atoms with Crippen LogP contribution in [0.2, 0.25) is 0 Å². The van der Waals surface area contributed by atoms with Crippen molar-refractivity contribution in [2.75, 3.05) is 13.6 Å². The maximum absolute atomic E-state index is 9.93. The molecule has 0 aliphatic carbocycles. The standard InChI is InChI=1S/C14H19NOSe/c1-10(2)15(3)8-7-11-9-17-13-6-4-5-12(16)14(11)13/h4-6,9-10,16H,7-8H2,1-3H3. The second kappa shape index (κ2) is 5.26. The van der Waals surface area contributed by atoms with Gasteiger partial charge in [-0.05, 0) is 0 Å². The first-order valence-electron chi connectivity index (χ1n) is 5.98. The molecule has 1 aromatic heterocycles. The van der Waals surface area contributed by atoms with E-state index in [1.807, 2.05) is 6.07 Å². The van der Waals surface area contributed by atoms with Gasteiger partial charge in [0.25, 0.3) is 0 Å². The predicted molar refractivity (Wildman–Crippen MR) is 74.0 cm³/mol. The van der Waals surface area contributed by atoms with Crippen molar-refractivity contribution < 1.29 is 5.11 Å². The van der Waals surface area contributed by atoms with Crippen LogP contribution in [0, 0.1) is 0 Å². The van der Waals surface area contributed by atoms with Crippen LogP contribution in [0.5, 0.6) is 5.75 Å². The molecule has 1 N–H and O–H groups in total. The summed E-state index contributed by atoms with van der Waals surface area (Å²) in [5.74, 6) is 0.445. The van der Waals surface area contributed by atoms with Crippen molar-refractivity contribution >= 4 is 24.1 Å². The molecule has 0 aliphatic heterocycles. The number of benzene rings is 1. The molecule has 2 nitrogen and oxygen atoms in total. The molecule has 0 saturated carbocycles. The van der Waals surface area contributed by atoms with E-state index in [0.717, 1.165) is 18.4 Å². The zero-order valence-electron chi connectivity index (χ0n) is 10.6. The molecular formula is C14H19NOSe. The van der Waals surface area contributed by atoms with Crippen LogP contribution in [0.4, 0.5) is 0 Å². The summed E-state index contributed by atoms with van der Waals surface area (Å²) in [5, 5.41) is 11.0. The molecule has 0 saturated heterocycles. The van der Waals surface area contributed by atoms with Crippen molar-refractivity contribution in [3.05, 3.63) is 28.7 Å². The van der Waals surface area contributed by atoms with Gasteiger partial charge in [0.2, 0.25) is 0 Å². The Kier molecular flexibility index (Phi) is 3.93. The van der Waals surface area contributed by atoms with Crippen molar-refractivity contribution in [2.45, 2.75) is 26.3 Å². The Bertz CT molecular complexity index is 504. The Morgan fingerprint density at radius 2 is 2.12 bits per heavy atom. The fourth-order valence-electron chi connectivity index (χ4n) is 1.87. The number of hydrogen-bond donors (Lipinski definition) is 1. The number of likely N-dealkylation sites (N-methyl/N-ethyl adjacent to an activating group) is 1. The van der Waals surface area contributed by atoms with Gasteiger partial charge >= 0.3 is 109 Å². The van der Waals surface area contributed by atoms with Crippen LogP contribution < -0.4 is 0 Å². The Morgan fingerprint density at radius 1 is 1.35 bits per heavy atom. The van der Waals surface area contributed by atoms with Crippen LogP contribution in [0.25, 0.3) is 9.65 Å². The minimum atomic E-state index is 0.403. The van der Waals surface area contributed by atoms with E-state index in [9.17, 15) is 5.11 Å². The van der Waals surface area contributed by atoms with E-state index >= 15 is 0 Å². The van der Waals surface area contributed by atoms with E-state index in [0.29, 0.717) is 26.3 Å². The van der Waals surface area contributed by atoms with Gasteiger partial charge < -0.3 is 0 Å². The summed E-state index contributed by atoms with van der Waals surface area (Å²) >= 11 is 0.403. The number of hydrogen-bond acceptors (Lipinski definition) is 2. The zero-order chi connectivity index (χ0) is 12.4. The number of rotatable bonds is 4. The van der Waals surface area contributed by atoms with E-state index in [4.69, 9.17) is 0 Å². The second-order valence-electron chi connectivity index (χ2n) is 4.74. The number of phenolic OH excluding ortho intramolecular Hbond substituents is 1. The molecule has 1 aromatic carbocycles. The molecule has 2 rings (SSSR count). The van der Waals surface area contributed by atoms with Crippen LogP contribution >= 0.6 is 0 Å². The molecule has 0 bridgehead atoms. The van der Waals surface area contributed by atoms with Crippen molar-refractivity contribution in [1.82, 2.24) is 4.90 Å². The Labute approximate surface area is 109 Å². The van der Waals surface area contributed by atoms with Gasteiger partial charge in [-0.15, -0.1) is 0 Å². The molecule has 0 spiro atoms. The third kappa shape index (κ3) is 2.74. The molecule has 92 valence electrons. The summed E-state index contributed by atoms with van der Waals surface area (Å²) in [6.45, 7) is 5.46. The van der Waals surface area contributed by atoms with Gasteiger partial charge in [0.05, 0.1) is 0 Å². The number of aromatic hydroxyl groups is 1. The summed E-state index contributed by atoms with van der Waals surface area (Å²) < 4.78 is 1.32. The van der Waals surface area contributed by atoms with Gasteiger partial charge in [-0.25, -0.2) is 0 Å².